The van der Waals surface area contributed by atoms with E-state index in [0.717, 1.165) is 0 Å². The van der Waals surface area contributed by atoms with Gasteiger partial charge in [0.1, 0.15) is 6.54 Å². The van der Waals surface area contributed by atoms with E-state index in [0.29, 0.717) is 10.9 Å². The van der Waals surface area contributed by atoms with Crippen molar-refractivity contribution in [3.8, 4) is 0 Å². The Bertz CT molecular complexity index is 589. The van der Waals surface area contributed by atoms with Gasteiger partial charge in [0, 0.05) is 7.05 Å². The second kappa shape index (κ2) is 4.14. The highest BCUT2D eigenvalue weighted by atomic mass is 16.2. The topological polar surface area (TPSA) is 64.0 Å². The van der Waals surface area contributed by atoms with Crippen LogP contribution < -0.4 is 10.9 Å². The first-order valence-electron chi connectivity index (χ1n) is 4.87. The molecule has 0 aliphatic heterocycles. The lowest BCUT2D eigenvalue weighted by molar-refractivity contribution is -0.121. The molecule has 0 aliphatic carbocycles. The molecule has 1 heterocycles. The number of nitrogens with one attached hydrogen (secondary N) is 1. The summed E-state index contributed by atoms with van der Waals surface area (Å²) in [5, 5.41) is 2.98. The summed E-state index contributed by atoms with van der Waals surface area (Å²) in [6.45, 7) is -0.00678. The summed E-state index contributed by atoms with van der Waals surface area (Å²) in [4.78, 5) is 27.2. The minimum Gasteiger partial charge on any atom is -0.358 e. The minimum atomic E-state index is -0.223. The van der Waals surface area contributed by atoms with E-state index >= 15 is 0 Å². The fourth-order valence-corrected chi connectivity index (χ4v) is 1.45. The molecule has 0 saturated carbocycles. The third-order valence-electron chi connectivity index (χ3n) is 2.32. The van der Waals surface area contributed by atoms with E-state index in [1.54, 1.807) is 18.2 Å². The predicted octanol–water partition coefficient (Wildman–Crippen LogP) is 0.142. The predicted molar refractivity (Wildman–Crippen MR) is 60.1 cm³/mol. The molecular weight excluding hydrogens is 206 g/mol. The molecule has 1 aromatic carbocycles. The van der Waals surface area contributed by atoms with Crippen LogP contribution in [0.15, 0.2) is 35.4 Å². The maximum Gasteiger partial charge on any atom is 0.261 e. The van der Waals surface area contributed by atoms with Crippen molar-refractivity contribution in [3.05, 3.63) is 40.9 Å². The zero-order chi connectivity index (χ0) is 11.5. The Hall–Kier alpha value is -2.17. The molecule has 2 aromatic rings. The van der Waals surface area contributed by atoms with Crippen LogP contribution in [0.5, 0.6) is 0 Å². The third-order valence-corrected chi connectivity index (χ3v) is 2.32. The summed E-state index contributed by atoms with van der Waals surface area (Å²) in [6, 6.07) is 7.06. The number of carbonyl (C=O) groups is 1. The number of nitrogens with zero attached hydrogens (tertiary/aromatic N) is 2. The van der Waals surface area contributed by atoms with Crippen molar-refractivity contribution in [2.45, 2.75) is 6.54 Å². The van der Waals surface area contributed by atoms with E-state index in [9.17, 15) is 9.59 Å². The number of carbonyl (C=O) groups excluding carboxylic acids is 1. The maximum absolute atomic E-state index is 11.9. The molecule has 5 heteroatoms. The quantitative estimate of drug-likeness (QED) is 0.778. The summed E-state index contributed by atoms with van der Waals surface area (Å²) in [6.07, 6.45) is 1.39. The normalized spacial score (nSPS) is 10.3. The standard InChI is InChI=1S/C11H11N3O2/c1-12-10(15)6-14-7-13-9-5-3-2-4-8(9)11(14)16/h2-5,7H,6H2,1H3,(H,12,15). The van der Waals surface area contributed by atoms with E-state index in [1.165, 1.54) is 17.9 Å². The van der Waals surface area contributed by atoms with Crippen molar-refractivity contribution < 1.29 is 4.79 Å². The smallest absolute Gasteiger partial charge is 0.261 e. The van der Waals surface area contributed by atoms with E-state index in [-0.39, 0.29) is 18.0 Å². The van der Waals surface area contributed by atoms with Crippen molar-refractivity contribution in [2.24, 2.45) is 0 Å². The summed E-state index contributed by atoms with van der Waals surface area (Å²) < 4.78 is 1.29. The lowest BCUT2D eigenvalue weighted by Gasteiger charge is -2.04. The van der Waals surface area contributed by atoms with Crippen LogP contribution in [0.2, 0.25) is 0 Å². The lowest BCUT2D eigenvalue weighted by atomic mass is 10.2. The van der Waals surface area contributed by atoms with E-state index in [2.05, 4.69) is 10.3 Å². The molecule has 0 unspecified atom stereocenters. The van der Waals surface area contributed by atoms with Crippen molar-refractivity contribution in [2.75, 3.05) is 7.05 Å². The van der Waals surface area contributed by atoms with E-state index in [1.807, 2.05) is 6.07 Å². The highest BCUT2D eigenvalue weighted by Crippen LogP contribution is 2.04. The lowest BCUT2D eigenvalue weighted by Crippen LogP contribution is -2.30. The summed E-state index contributed by atoms with van der Waals surface area (Å²) in [7, 11) is 1.53. The van der Waals surface area contributed by atoms with Gasteiger partial charge in [-0.25, -0.2) is 4.98 Å². The largest absolute Gasteiger partial charge is 0.358 e. The van der Waals surface area contributed by atoms with Crippen molar-refractivity contribution in [1.82, 2.24) is 14.9 Å². The first-order valence-corrected chi connectivity index (χ1v) is 4.87. The zero-order valence-corrected chi connectivity index (χ0v) is 8.80. The van der Waals surface area contributed by atoms with Gasteiger partial charge >= 0.3 is 0 Å². The molecule has 1 amide bonds. The molecule has 0 saturated heterocycles. The maximum atomic E-state index is 11.9. The van der Waals surface area contributed by atoms with Crippen molar-refractivity contribution >= 4 is 16.8 Å². The number of amides is 1. The number of aromatic nitrogens is 2. The second-order valence-electron chi connectivity index (χ2n) is 3.37. The average molecular weight is 217 g/mol. The first kappa shape index (κ1) is 10.4. The SMILES string of the molecule is CNC(=O)Cn1cnc2ccccc2c1=O. The Labute approximate surface area is 91.7 Å². The molecule has 1 N–H and O–H groups in total. The molecule has 2 rings (SSSR count). The van der Waals surface area contributed by atoms with E-state index < -0.39 is 0 Å². The van der Waals surface area contributed by atoms with Gasteiger partial charge in [0.05, 0.1) is 17.2 Å². The summed E-state index contributed by atoms with van der Waals surface area (Å²) >= 11 is 0. The fraction of sp³-hybridized carbons (Fsp3) is 0.182. The molecule has 0 radical (unpaired) electrons. The molecule has 1 aromatic heterocycles. The Kier molecular flexibility index (Phi) is 2.68. The van der Waals surface area contributed by atoms with Crippen LogP contribution in [0.4, 0.5) is 0 Å². The van der Waals surface area contributed by atoms with Crippen molar-refractivity contribution in [3.63, 3.8) is 0 Å². The average Bonchev–Trinajstić information content (AvgIpc) is 2.33. The zero-order valence-electron chi connectivity index (χ0n) is 8.80. The van der Waals surface area contributed by atoms with Crippen LogP contribution in [0.25, 0.3) is 10.9 Å². The van der Waals surface area contributed by atoms with E-state index in [4.69, 9.17) is 0 Å². The van der Waals surface area contributed by atoms with Gasteiger partial charge in [0.2, 0.25) is 5.91 Å². The number of fused-ring (bicyclic) bond motifs is 1. The highest BCUT2D eigenvalue weighted by Gasteiger charge is 2.05. The number of para-hydroxylation sites is 1. The summed E-state index contributed by atoms with van der Waals surface area (Å²) in [5.74, 6) is -0.223. The Morgan fingerprint density at radius 1 is 1.44 bits per heavy atom. The number of hydrogen-bond donors (Lipinski definition) is 1. The van der Waals surface area contributed by atoms with Gasteiger partial charge in [-0.05, 0) is 12.1 Å². The number of rotatable bonds is 2. The molecule has 0 aliphatic rings. The van der Waals surface area contributed by atoms with Gasteiger partial charge in [-0.1, -0.05) is 12.1 Å². The number of benzene rings is 1. The Morgan fingerprint density at radius 3 is 2.94 bits per heavy atom. The highest BCUT2D eigenvalue weighted by molar-refractivity contribution is 5.78. The molecule has 5 nitrogen and oxygen atoms in total. The number of likely N-dealkylation sites (N-methyl/N-ethyl adjacent to an activating group) is 1. The molecule has 0 atom stereocenters. The Morgan fingerprint density at radius 2 is 2.19 bits per heavy atom. The van der Waals surface area contributed by atoms with Gasteiger partial charge < -0.3 is 5.32 Å². The van der Waals surface area contributed by atoms with Crippen LogP contribution in [-0.4, -0.2) is 22.5 Å². The molecule has 0 bridgehead atoms. The van der Waals surface area contributed by atoms with Gasteiger partial charge in [0.15, 0.2) is 0 Å². The molecule has 0 fully saturated rings. The minimum absolute atomic E-state index is 0.00678. The van der Waals surface area contributed by atoms with Gasteiger partial charge in [-0.3, -0.25) is 14.2 Å². The van der Waals surface area contributed by atoms with Gasteiger partial charge in [-0.2, -0.15) is 0 Å². The van der Waals surface area contributed by atoms with Crippen molar-refractivity contribution in [1.29, 1.82) is 0 Å². The van der Waals surface area contributed by atoms with Crippen LogP contribution >= 0.6 is 0 Å². The Balaban J connectivity index is 2.53. The van der Waals surface area contributed by atoms with Gasteiger partial charge in [-0.15, -0.1) is 0 Å². The molecule has 16 heavy (non-hydrogen) atoms. The second-order valence-corrected chi connectivity index (χ2v) is 3.37. The molecule has 82 valence electrons. The number of hydrogen-bond acceptors (Lipinski definition) is 3. The van der Waals surface area contributed by atoms with Crippen LogP contribution in [0.1, 0.15) is 0 Å². The van der Waals surface area contributed by atoms with Gasteiger partial charge in [0.25, 0.3) is 5.56 Å². The van der Waals surface area contributed by atoms with Crippen LogP contribution in [0, 0.1) is 0 Å². The fourth-order valence-electron chi connectivity index (χ4n) is 1.45. The third kappa shape index (κ3) is 1.79. The monoisotopic (exact) mass is 217 g/mol. The summed E-state index contributed by atoms with van der Waals surface area (Å²) in [5.41, 5.74) is 0.440. The molecule has 0 spiro atoms. The van der Waals surface area contributed by atoms with Crippen LogP contribution in [0.3, 0.4) is 0 Å². The first-order chi connectivity index (χ1) is 7.72. The van der Waals surface area contributed by atoms with Crippen LogP contribution in [-0.2, 0) is 11.3 Å². The molecular formula is C11H11N3O2.